The van der Waals surface area contributed by atoms with E-state index in [1.165, 1.54) is 0 Å². The minimum absolute atomic E-state index is 0.0700. The Labute approximate surface area is 189 Å². The fourth-order valence-electron chi connectivity index (χ4n) is 3.99. The first-order valence-corrected chi connectivity index (χ1v) is 10.5. The molecule has 32 heavy (non-hydrogen) atoms. The zero-order valence-corrected chi connectivity index (χ0v) is 18.3. The van der Waals surface area contributed by atoms with Crippen molar-refractivity contribution < 1.29 is 14.6 Å². The predicted octanol–water partition coefficient (Wildman–Crippen LogP) is 5.87. The highest BCUT2D eigenvalue weighted by Gasteiger charge is 2.25. The van der Waals surface area contributed by atoms with Gasteiger partial charge in [-0.2, -0.15) is 0 Å². The number of aromatic carboxylic acids is 1. The van der Waals surface area contributed by atoms with E-state index < -0.39 is 5.97 Å². The molecule has 0 bridgehead atoms. The first-order chi connectivity index (χ1) is 15.4. The lowest BCUT2D eigenvalue weighted by Crippen LogP contribution is -2.27. The van der Waals surface area contributed by atoms with Crippen LogP contribution in [0.25, 0.3) is 17.4 Å². The molecule has 1 N–H and O–H groups in total. The molecular weight excluding hydrogens is 395 g/mol. The first-order valence-electron chi connectivity index (χ1n) is 10.5. The molecule has 0 fully saturated rings. The van der Waals surface area contributed by atoms with Gasteiger partial charge >= 0.3 is 5.97 Å². The monoisotopic (exact) mass is 419 g/mol. The molecule has 0 aliphatic carbocycles. The molecule has 3 aromatic carbocycles. The van der Waals surface area contributed by atoms with E-state index in [2.05, 4.69) is 32.2 Å². The molecule has 1 aliphatic heterocycles. The van der Waals surface area contributed by atoms with Crippen molar-refractivity contribution in [2.24, 2.45) is 0 Å². The van der Waals surface area contributed by atoms with Crippen LogP contribution in [0.2, 0.25) is 0 Å². The van der Waals surface area contributed by atoms with Gasteiger partial charge in [0.1, 0.15) is 11.5 Å². The number of carboxylic acid groups (broad SMARTS) is 1. The van der Waals surface area contributed by atoms with Crippen molar-refractivity contribution in [2.45, 2.75) is 19.7 Å². The molecule has 3 aromatic rings. The number of aryl methyl sites for hydroxylation is 1. The highest BCUT2D eigenvalue weighted by atomic mass is 16.5. The van der Waals surface area contributed by atoms with Gasteiger partial charge in [-0.05, 0) is 53.2 Å². The van der Waals surface area contributed by atoms with Crippen LogP contribution >= 0.6 is 0 Å². The maximum atomic E-state index is 11.6. The molecule has 1 radical (unpaired) electrons. The van der Waals surface area contributed by atoms with Crippen molar-refractivity contribution in [3.05, 3.63) is 113 Å². The van der Waals surface area contributed by atoms with Gasteiger partial charge in [-0.25, -0.2) is 4.79 Å². The fourth-order valence-corrected chi connectivity index (χ4v) is 3.99. The van der Waals surface area contributed by atoms with E-state index in [4.69, 9.17) is 4.74 Å². The summed E-state index contributed by atoms with van der Waals surface area (Å²) < 4.78 is 6.42. The number of benzene rings is 3. The molecular formula is C28H24BO3. The van der Waals surface area contributed by atoms with E-state index in [9.17, 15) is 9.90 Å². The molecule has 1 unspecified atom stereocenters. The summed E-state index contributed by atoms with van der Waals surface area (Å²) in [6, 6.07) is 19.2. The summed E-state index contributed by atoms with van der Waals surface area (Å²) >= 11 is 0. The van der Waals surface area contributed by atoms with Crippen molar-refractivity contribution in [3.8, 4) is 5.75 Å². The van der Waals surface area contributed by atoms with Gasteiger partial charge in [0.2, 0.25) is 0 Å². The average Bonchev–Trinajstić information content (AvgIpc) is 2.79. The topological polar surface area (TPSA) is 46.5 Å². The standard InChI is InChI=1S/C28H24BO3/c1-5-20-10-12-21(13-11-20)26-16-18(3)23-14-17(2)15-24(27(23)32-26)19(4)29-25-9-7-6-8-22(25)28(30)31/h5-16,19H,1,3H2,2,4H3,(H,30,31). The van der Waals surface area contributed by atoms with E-state index in [0.717, 1.165) is 44.9 Å². The first kappa shape index (κ1) is 21.4. The summed E-state index contributed by atoms with van der Waals surface area (Å²) in [7, 11) is 1.97. The molecule has 1 heterocycles. The van der Waals surface area contributed by atoms with E-state index in [1.54, 1.807) is 12.1 Å². The third kappa shape index (κ3) is 4.17. The number of ether oxygens (including phenoxy) is 1. The summed E-state index contributed by atoms with van der Waals surface area (Å²) in [5.74, 6) is 0.497. The Morgan fingerprint density at radius 3 is 2.53 bits per heavy atom. The lowest BCUT2D eigenvalue weighted by molar-refractivity contribution is 0.0698. The van der Waals surface area contributed by atoms with Crippen LogP contribution in [0.15, 0.2) is 79.9 Å². The molecule has 4 rings (SSSR count). The Bertz CT molecular complexity index is 1250. The zero-order valence-electron chi connectivity index (χ0n) is 18.3. The molecule has 0 saturated heterocycles. The molecule has 0 saturated carbocycles. The zero-order chi connectivity index (χ0) is 22.8. The molecule has 0 aromatic heterocycles. The van der Waals surface area contributed by atoms with Crippen LogP contribution in [0.1, 0.15) is 50.9 Å². The van der Waals surface area contributed by atoms with E-state index in [1.807, 2.05) is 62.8 Å². The van der Waals surface area contributed by atoms with Gasteiger partial charge in [-0.1, -0.05) is 80.2 Å². The van der Waals surface area contributed by atoms with Gasteiger partial charge < -0.3 is 9.84 Å². The smallest absolute Gasteiger partial charge is 0.335 e. The third-order valence-electron chi connectivity index (χ3n) is 5.67. The second kappa shape index (κ2) is 8.76. The van der Waals surface area contributed by atoms with Gasteiger partial charge in [0.05, 0.1) is 5.56 Å². The summed E-state index contributed by atoms with van der Waals surface area (Å²) in [5.41, 5.74) is 6.91. The van der Waals surface area contributed by atoms with Crippen LogP contribution in [0.5, 0.6) is 5.75 Å². The van der Waals surface area contributed by atoms with Gasteiger partial charge in [-0.15, -0.1) is 0 Å². The van der Waals surface area contributed by atoms with Crippen molar-refractivity contribution in [3.63, 3.8) is 0 Å². The van der Waals surface area contributed by atoms with Crippen LogP contribution in [0, 0.1) is 6.92 Å². The Balaban J connectivity index is 1.72. The molecule has 4 heteroatoms. The largest absolute Gasteiger partial charge is 0.478 e. The van der Waals surface area contributed by atoms with Crippen molar-refractivity contribution in [1.29, 1.82) is 0 Å². The van der Waals surface area contributed by atoms with Gasteiger partial charge in [0, 0.05) is 11.1 Å². The second-order valence-electron chi connectivity index (χ2n) is 8.04. The number of fused-ring (bicyclic) bond motifs is 1. The van der Waals surface area contributed by atoms with E-state index in [0.29, 0.717) is 5.46 Å². The minimum atomic E-state index is -0.937. The maximum absolute atomic E-state index is 11.6. The van der Waals surface area contributed by atoms with E-state index >= 15 is 0 Å². The van der Waals surface area contributed by atoms with Crippen LogP contribution in [-0.2, 0) is 0 Å². The second-order valence-corrected chi connectivity index (χ2v) is 8.04. The molecule has 3 nitrogen and oxygen atoms in total. The van der Waals surface area contributed by atoms with E-state index in [-0.39, 0.29) is 11.4 Å². The lowest BCUT2D eigenvalue weighted by atomic mass is 9.56. The summed E-state index contributed by atoms with van der Waals surface area (Å²) in [4.78, 5) is 11.6. The van der Waals surface area contributed by atoms with Crippen LogP contribution in [-0.4, -0.2) is 18.4 Å². The summed E-state index contributed by atoms with van der Waals surface area (Å²) in [6.45, 7) is 12.2. The van der Waals surface area contributed by atoms with Gasteiger partial charge in [0.25, 0.3) is 0 Å². The average molecular weight is 419 g/mol. The van der Waals surface area contributed by atoms with Crippen LogP contribution < -0.4 is 10.2 Å². The molecule has 0 spiro atoms. The third-order valence-corrected chi connectivity index (χ3v) is 5.67. The van der Waals surface area contributed by atoms with Crippen molar-refractivity contribution >= 4 is 36.1 Å². The minimum Gasteiger partial charge on any atom is -0.478 e. The molecule has 1 atom stereocenters. The number of rotatable bonds is 6. The molecule has 1 aliphatic rings. The number of carboxylic acids is 1. The molecule has 0 amide bonds. The Morgan fingerprint density at radius 2 is 1.84 bits per heavy atom. The number of allylic oxidation sites excluding steroid dienone is 2. The number of hydrogen-bond donors (Lipinski definition) is 1. The summed E-state index contributed by atoms with van der Waals surface area (Å²) in [6.07, 6.45) is 3.77. The normalized spacial score (nSPS) is 13.4. The Hall–Kier alpha value is -3.79. The van der Waals surface area contributed by atoms with Gasteiger partial charge in [-0.3, -0.25) is 0 Å². The van der Waals surface area contributed by atoms with Crippen molar-refractivity contribution in [1.82, 2.24) is 0 Å². The highest BCUT2D eigenvalue weighted by molar-refractivity contribution is 6.56. The van der Waals surface area contributed by atoms with Crippen LogP contribution in [0.4, 0.5) is 0 Å². The highest BCUT2D eigenvalue weighted by Crippen LogP contribution is 2.42. The van der Waals surface area contributed by atoms with Crippen molar-refractivity contribution in [2.75, 3.05) is 0 Å². The predicted molar refractivity (Wildman–Crippen MR) is 133 cm³/mol. The fraction of sp³-hybridized carbons (Fsp3) is 0.107. The van der Waals surface area contributed by atoms with Crippen LogP contribution in [0.3, 0.4) is 0 Å². The Kier molecular flexibility index (Phi) is 5.87. The molecule has 157 valence electrons. The lowest BCUT2D eigenvalue weighted by Gasteiger charge is -2.26. The quantitative estimate of drug-likeness (QED) is 0.508. The Morgan fingerprint density at radius 1 is 1.12 bits per heavy atom. The SMILES string of the molecule is C=Cc1ccc(C2=CC(=C)c3cc(C)cc(C(C)[B]c4ccccc4C(=O)O)c3O2)cc1. The number of carbonyl (C=O) groups is 1. The maximum Gasteiger partial charge on any atom is 0.335 e. The summed E-state index contributed by atoms with van der Waals surface area (Å²) in [5, 5.41) is 9.55. The number of hydrogen-bond acceptors (Lipinski definition) is 2. The van der Waals surface area contributed by atoms with Gasteiger partial charge in [0.15, 0.2) is 7.28 Å².